The zero-order valence-electron chi connectivity index (χ0n) is 16.3. The van der Waals surface area contributed by atoms with Crippen LogP contribution in [-0.4, -0.2) is 63.7 Å². The van der Waals surface area contributed by atoms with Gasteiger partial charge in [0, 0.05) is 38.7 Å². The number of anilines is 1. The van der Waals surface area contributed by atoms with Crippen molar-refractivity contribution in [2.75, 3.05) is 38.0 Å². The topological polar surface area (TPSA) is 101 Å². The quantitative estimate of drug-likeness (QED) is 0.747. The highest BCUT2D eigenvalue weighted by Crippen LogP contribution is 2.20. The van der Waals surface area contributed by atoms with Gasteiger partial charge in [-0.2, -0.15) is 4.98 Å². The number of hydrogen-bond acceptors (Lipinski definition) is 8. The standard InChI is InChI=1S/C18H28N6O3/c1-4-5-6-15-20-18(27-21-15)14(3)24-9-7-23(8-10-24)12-17(25)19-16-11-13(2)26-22-16/h11,14H,4-10,12H2,1-3H3,(H,19,22,25). The highest BCUT2D eigenvalue weighted by atomic mass is 16.5. The van der Waals surface area contributed by atoms with Crippen LogP contribution in [0.25, 0.3) is 0 Å². The molecule has 9 nitrogen and oxygen atoms in total. The first-order chi connectivity index (χ1) is 13.0. The Morgan fingerprint density at radius 3 is 2.70 bits per heavy atom. The van der Waals surface area contributed by atoms with Gasteiger partial charge in [0.05, 0.1) is 12.6 Å². The van der Waals surface area contributed by atoms with Gasteiger partial charge in [-0.1, -0.05) is 23.7 Å². The number of carbonyl (C=O) groups excluding carboxylic acids is 1. The van der Waals surface area contributed by atoms with E-state index in [0.29, 0.717) is 24.0 Å². The minimum atomic E-state index is -0.0812. The molecule has 1 aliphatic heterocycles. The minimum absolute atomic E-state index is 0.0812. The molecule has 0 aromatic carbocycles. The molecule has 0 bridgehead atoms. The number of aryl methyl sites for hydroxylation is 2. The lowest BCUT2D eigenvalue weighted by atomic mass is 10.2. The number of aromatic nitrogens is 3. The summed E-state index contributed by atoms with van der Waals surface area (Å²) in [4.78, 5) is 21.1. The number of nitrogens with one attached hydrogen (secondary N) is 1. The van der Waals surface area contributed by atoms with Crippen LogP contribution in [0.1, 0.15) is 50.2 Å². The van der Waals surface area contributed by atoms with E-state index in [4.69, 9.17) is 9.05 Å². The van der Waals surface area contributed by atoms with Crippen molar-refractivity contribution in [2.24, 2.45) is 0 Å². The Hall–Kier alpha value is -2.26. The van der Waals surface area contributed by atoms with Crippen LogP contribution in [0.5, 0.6) is 0 Å². The molecule has 9 heteroatoms. The third-order valence-electron chi connectivity index (χ3n) is 4.81. The van der Waals surface area contributed by atoms with Gasteiger partial charge in [0.2, 0.25) is 11.8 Å². The van der Waals surface area contributed by atoms with Crippen LogP contribution in [0.4, 0.5) is 5.82 Å². The molecule has 0 radical (unpaired) electrons. The van der Waals surface area contributed by atoms with Crippen LogP contribution in [0.15, 0.2) is 15.1 Å². The minimum Gasteiger partial charge on any atom is -0.360 e. The Morgan fingerprint density at radius 2 is 2.04 bits per heavy atom. The molecule has 2 aromatic rings. The Kier molecular flexibility index (Phi) is 6.57. The van der Waals surface area contributed by atoms with Crippen molar-refractivity contribution in [3.63, 3.8) is 0 Å². The molecule has 1 amide bonds. The van der Waals surface area contributed by atoms with Crippen LogP contribution < -0.4 is 5.32 Å². The molecule has 1 N–H and O–H groups in total. The zero-order valence-corrected chi connectivity index (χ0v) is 16.3. The van der Waals surface area contributed by atoms with E-state index in [0.717, 1.165) is 51.3 Å². The summed E-state index contributed by atoms with van der Waals surface area (Å²) in [6.07, 6.45) is 3.05. The third-order valence-corrected chi connectivity index (χ3v) is 4.81. The van der Waals surface area contributed by atoms with Crippen molar-refractivity contribution in [3.05, 3.63) is 23.5 Å². The van der Waals surface area contributed by atoms with Crippen molar-refractivity contribution in [3.8, 4) is 0 Å². The van der Waals surface area contributed by atoms with Gasteiger partial charge in [-0.15, -0.1) is 0 Å². The number of carbonyl (C=O) groups is 1. The molecule has 27 heavy (non-hydrogen) atoms. The monoisotopic (exact) mass is 376 g/mol. The molecule has 1 unspecified atom stereocenters. The van der Waals surface area contributed by atoms with Gasteiger partial charge in [0.15, 0.2) is 11.6 Å². The fourth-order valence-corrected chi connectivity index (χ4v) is 3.15. The second-order valence-corrected chi connectivity index (χ2v) is 7.01. The Bertz CT molecular complexity index is 735. The van der Waals surface area contributed by atoms with Gasteiger partial charge in [-0.05, 0) is 20.3 Å². The fraction of sp³-hybridized carbons (Fsp3) is 0.667. The van der Waals surface area contributed by atoms with Crippen molar-refractivity contribution < 1.29 is 13.8 Å². The summed E-state index contributed by atoms with van der Waals surface area (Å²) in [5.74, 6) is 2.51. The van der Waals surface area contributed by atoms with Gasteiger partial charge in [-0.25, -0.2) is 0 Å². The molecule has 1 aliphatic rings. The number of piperazine rings is 1. The van der Waals surface area contributed by atoms with Crippen LogP contribution >= 0.6 is 0 Å². The first-order valence-electron chi connectivity index (χ1n) is 9.57. The van der Waals surface area contributed by atoms with E-state index in [1.807, 2.05) is 0 Å². The lowest BCUT2D eigenvalue weighted by Gasteiger charge is -2.36. The lowest BCUT2D eigenvalue weighted by Crippen LogP contribution is -2.49. The summed E-state index contributed by atoms with van der Waals surface area (Å²) >= 11 is 0. The molecule has 0 spiro atoms. The number of hydrogen-bond donors (Lipinski definition) is 1. The Balaban J connectivity index is 1.44. The summed E-state index contributed by atoms with van der Waals surface area (Å²) in [5.41, 5.74) is 0. The summed E-state index contributed by atoms with van der Waals surface area (Å²) in [6, 6.07) is 1.79. The lowest BCUT2D eigenvalue weighted by molar-refractivity contribution is -0.117. The Morgan fingerprint density at radius 1 is 1.26 bits per heavy atom. The van der Waals surface area contributed by atoms with E-state index in [2.05, 4.69) is 44.3 Å². The summed E-state index contributed by atoms with van der Waals surface area (Å²) in [5, 5.41) is 10.6. The van der Waals surface area contributed by atoms with E-state index in [1.54, 1.807) is 13.0 Å². The molecule has 1 fully saturated rings. The second-order valence-electron chi connectivity index (χ2n) is 7.01. The Labute approximate surface area is 159 Å². The SMILES string of the molecule is CCCCc1noc(C(C)N2CCN(CC(=O)Nc3cc(C)on3)CC2)n1. The predicted octanol–water partition coefficient (Wildman–Crippen LogP) is 2.03. The average molecular weight is 376 g/mol. The van der Waals surface area contributed by atoms with Gasteiger partial charge in [0.25, 0.3) is 0 Å². The maximum absolute atomic E-state index is 12.1. The van der Waals surface area contributed by atoms with E-state index in [1.165, 1.54) is 0 Å². The summed E-state index contributed by atoms with van der Waals surface area (Å²) < 4.78 is 10.4. The van der Waals surface area contributed by atoms with Crippen molar-refractivity contribution in [2.45, 2.75) is 46.1 Å². The first-order valence-corrected chi connectivity index (χ1v) is 9.57. The molecular formula is C18H28N6O3. The number of unbranched alkanes of at least 4 members (excludes halogenated alkanes) is 1. The predicted molar refractivity (Wildman–Crippen MR) is 99.2 cm³/mol. The first kappa shape index (κ1) is 19.5. The van der Waals surface area contributed by atoms with Gasteiger partial charge in [-0.3, -0.25) is 14.6 Å². The third kappa shape index (κ3) is 5.36. The van der Waals surface area contributed by atoms with Gasteiger partial charge >= 0.3 is 0 Å². The molecular weight excluding hydrogens is 348 g/mol. The van der Waals surface area contributed by atoms with E-state index >= 15 is 0 Å². The van der Waals surface area contributed by atoms with Crippen molar-refractivity contribution in [1.82, 2.24) is 25.1 Å². The van der Waals surface area contributed by atoms with E-state index in [-0.39, 0.29) is 11.9 Å². The smallest absolute Gasteiger partial charge is 0.243 e. The molecule has 0 saturated carbocycles. The largest absolute Gasteiger partial charge is 0.360 e. The summed E-state index contributed by atoms with van der Waals surface area (Å²) in [7, 11) is 0. The molecule has 1 atom stereocenters. The average Bonchev–Trinajstić information content (AvgIpc) is 3.29. The molecule has 3 rings (SSSR count). The van der Waals surface area contributed by atoms with Crippen molar-refractivity contribution >= 4 is 11.7 Å². The highest BCUT2D eigenvalue weighted by molar-refractivity contribution is 5.91. The highest BCUT2D eigenvalue weighted by Gasteiger charge is 2.26. The fourth-order valence-electron chi connectivity index (χ4n) is 3.15. The van der Waals surface area contributed by atoms with Crippen LogP contribution in [0.2, 0.25) is 0 Å². The normalized spacial score (nSPS) is 17.1. The van der Waals surface area contributed by atoms with E-state index < -0.39 is 0 Å². The molecule has 3 heterocycles. The number of rotatable bonds is 8. The summed E-state index contributed by atoms with van der Waals surface area (Å²) in [6.45, 7) is 9.70. The van der Waals surface area contributed by atoms with Crippen LogP contribution in [0.3, 0.4) is 0 Å². The molecule has 0 aliphatic carbocycles. The number of amides is 1. The second kappa shape index (κ2) is 9.09. The molecule has 1 saturated heterocycles. The maximum Gasteiger partial charge on any atom is 0.243 e. The van der Waals surface area contributed by atoms with Crippen molar-refractivity contribution in [1.29, 1.82) is 0 Å². The van der Waals surface area contributed by atoms with Gasteiger partial charge < -0.3 is 14.4 Å². The molecule has 2 aromatic heterocycles. The number of nitrogens with zero attached hydrogens (tertiary/aromatic N) is 5. The van der Waals surface area contributed by atoms with E-state index in [9.17, 15) is 4.79 Å². The van der Waals surface area contributed by atoms with Crippen LogP contribution in [-0.2, 0) is 11.2 Å². The molecule has 148 valence electrons. The van der Waals surface area contributed by atoms with Crippen LogP contribution in [0, 0.1) is 6.92 Å². The zero-order chi connectivity index (χ0) is 19.2. The van der Waals surface area contributed by atoms with Gasteiger partial charge in [0.1, 0.15) is 5.76 Å². The maximum atomic E-state index is 12.1.